The Kier molecular flexibility index (Phi) is 5.67. The number of hydrogen-bond acceptors (Lipinski definition) is 3. The minimum Gasteiger partial charge on any atom is -0.371 e. The minimum absolute atomic E-state index is 0.112. The van der Waals surface area contributed by atoms with Crippen LogP contribution in [0.3, 0.4) is 0 Å². The molecule has 1 heterocycles. The van der Waals surface area contributed by atoms with Crippen molar-refractivity contribution in [1.82, 2.24) is 5.32 Å². The fourth-order valence-electron chi connectivity index (χ4n) is 4.00. The number of aryl methyl sites for hydroxylation is 1. The summed E-state index contributed by atoms with van der Waals surface area (Å²) in [5, 5.41) is 3.94. The number of halogens is 1. The summed E-state index contributed by atoms with van der Waals surface area (Å²) in [4.78, 5) is 14.7. The highest BCUT2D eigenvalue weighted by atomic mass is 35.5. The maximum absolute atomic E-state index is 12.4. The van der Waals surface area contributed by atoms with E-state index in [0.717, 1.165) is 56.8 Å². The minimum atomic E-state index is 0.112. The first-order valence-electron chi connectivity index (χ1n) is 9.07. The van der Waals surface area contributed by atoms with Gasteiger partial charge in [-0.15, -0.1) is 0 Å². The second-order valence-corrected chi connectivity index (χ2v) is 7.84. The van der Waals surface area contributed by atoms with Crippen LogP contribution in [0.1, 0.15) is 37.7 Å². The van der Waals surface area contributed by atoms with Gasteiger partial charge in [0.05, 0.1) is 0 Å². The molecule has 3 unspecified atom stereocenters. The molecule has 1 aromatic rings. The molecule has 1 amide bonds. The second kappa shape index (κ2) is 7.75. The van der Waals surface area contributed by atoms with Gasteiger partial charge in [0.2, 0.25) is 5.91 Å². The van der Waals surface area contributed by atoms with Crippen molar-refractivity contribution in [1.29, 1.82) is 0 Å². The van der Waals surface area contributed by atoms with Gasteiger partial charge in [0.1, 0.15) is 0 Å². The molecule has 2 aliphatic rings. The van der Waals surface area contributed by atoms with Gasteiger partial charge < -0.3 is 16.0 Å². The van der Waals surface area contributed by atoms with Crippen molar-refractivity contribution in [3.8, 4) is 0 Å². The van der Waals surface area contributed by atoms with Crippen molar-refractivity contribution < 1.29 is 4.79 Å². The Hall–Kier alpha value is -1.26. The molecule has 3 N–H and O–H groups in total. The highest BCUT2D eigenvalue weighted by molar-refractivity contribution is 6.30. The van der Waals surface area contributed by atoms with Gasteiger partial charge in [-0.25, -0.2) is 0 Å². The molecule has 0 aromatic heterocycles. The van der Waals surface area contributed by atoms with Crippen molar-refractivity contribution in [2.24, 2.45) is 17.6 Å². The van der Waals surface area contributed by atoms with E-state index in [2.05, 4.69) is 23.2 Å². The van der Waals surface area contributed by atoms with Crippen LogP contribution >= 0.6 is 11.6 Å². The molecule has 1 aliphatic carbocycles. The SMILES string of the molecule is Cc1ccc(Cl)cc1N1CCC(CNC(=O)C2CCCC(N)C2)C1. The molecule has 4 nitrogen and oxygen atoms in total. The predicted molar refractivity (Wildman–Crippen MR) is 99.5 cm³/mol. The van der Waals surface area contributed by atoms with Crippen molar-refractivity contribution in [2.75, 3.05) is 24.5 Å². The first-order chi connectivity index (χ1) is 11.5. The van der Waals surface area contributed by atoms with Gasteiger partial charge in [-0.1, -0.05) is 24.1 Å². The number of carbonyl (C=O) groups is 1. The fraction of sp³-hybridized carbons (Fsp3) is 0.632. The highest BCUT2D eigenvalue weighted by Crippen LogP contribution is 2.29. The number of nitrogens with two attached hydrogens (primary N) is 1. The summed E-state index contributed by atoms with van der Waals surface area (Å²) in [5.74, 6) is 0.813. The van der Waals surface area contributed by atoms with E-state index < -0.39 is 0 Å². The fourth-order valence-corrected chi connectivity index (χ4v) is 4.16. The zero-order valence-electron chi connectivity index (χ0n) is 14.4. The van der Waals surface area contributed by atoms with Gasteiger partial charge in [0.25, 0.3) is 0 Å². The number of carbonyl (C=O) groups excluding carboxylic acids is 1. The smallest absolute Gasteiger partial charge is 0.223 e. The van der Waals surface area contributed by atoms with Gasteiger partial charge in [-0.05, 0) is 56.2 Å². The van der Waals surface area contributed by atoms with Gasteiger partial charge in [-0.2, -0.15) is 0 Å². The molecule has 1 aliphatic heterocycles. The molecule has 2 fully saturated rings. The summed E-state index contributed by atoms with van der Waals surface area (Å²) in [6.45, 7) is 4.88. The van der Waals surface area contributed by atoms with Crippen LogP contribution in [0.4, 0.5) is 5.69 Å². The van der Waals surface area contributed by atoms with E-state index in [9.17, 15) is 4.79 Å². The summed E-state index contributed by atoms with van der Waals surface area (Å²) in [5.41, 5.74) is 8.46. The summed E-state index contributed by atoms with van der Waals surface area (Å²) < 4.78 is 0. The topological polar surface area (TPSA) is 58.4 Å². The van der Waals surface area contributed by atoms with Crippen LogP contribution in [0.5, 0.6) is 0 Å². The molecular weight excluding hydrogens is 322 g/mol. The van der Waals surface area contributed by atoms with Crippen LogP contribution in [0.15, 0.2) is 18.2 Å². The number of rotatable bonds is 4. The average molecular weight is 350 g/mol. The van der Waals surface area contributed by atoms with Crippen molar-refractivity contribution in [3.05, 3.63) is 28.8 Å². The zero-order valence-corrected chi connectivity index (χ0v) is 15.2. The summed E-state index contributed by atoms with van der Waals surface area (Å²) >= 11 is 6.14. The largest absolute Gasteiger partial charge is 0.371 e. The molecule has 3 rings (SSSR count). The molecule has 0 radical (unpaired) electrons. The van der Waals surface area contributed by atoms with Crippen LogP contribution in [-0.2, 0) is 4.79 Å². The van der Waals surface area contributed by atoms with Gasteiger partial charge in [-0.3, -0.25) is 4.79 Å². The molecule has 0 bridgehead atoms. The first kappa shape index (κ1) is 17.6. The van der Waals surface area contributed by atoms with Crippen LogP contribution in [0.2, 0.25) is 5.02 Å². The molecular formula is C19H28ClN3O. The van der Waals surface area contributed by atoms with Crippen molar-refractivity contribution >= 4 is 23.2 Å². The Balaban J connectivity index is 1.49. The highest BCUT2D eigenvalue weighted by Gasteiger charge is 2.28. The second-order valence-electron chi connectivity index (χ2n) is 7.40. The molecule has 1 saturated carbocycles. The number of anilines is 1. The summed E-state index contributed by atoms with van der Waals surface area (Å²) in [6, 6.07) is 6.24. The number of amides is 1. The molecule has 1 aromatic carbocycles. The van der Waals surface area contributed by atoms with E-state index >= 15 is 0 Å². The lowest BCUT2D eigenvalue weighted by Gasteiger charge is -2.26. The average Bonchev–Trinajstić information content (AvgIpc) is 3.03. The third-order valence-electron chi connectivity index (χ3n) is 5.45. The zero-order chi connectivity index (χ0) is 17.1. The molecule has 5 heteroatoms. The maximum atomic E-state index is 12.4. The number of nitrogens with zero attached hydrogens (tertiary/aromatic N) is 1. The standard InChI is InChI=1S/C19H28ClN3O/c1-13-5-6-16(20)10-18(13)23-8-7-14(12-23)11-22-19(24)15-3-2-4-17(21)9-15/h5-6,10,14-15,17H,2-4,7-9,11-12,21H2,1H3,(H,22,24). The number of hydrogen-bond donors (Lipinski definition) is 2. The Bertz CT molecular complexity index is 592. The molecule has 3 atom stereocenters. The Morgan fingerprint density at radius 2 is 2.21 bits per heavy atom. The van der Waals surface area contributed by atoms with E-state index in [1.165, 1.54) is 11.3 Å². The van der Waals surface area contributed by atoms with Crippen LogP contribution in [-0.4, -0.2) is 31.6 Å². The first-order valence-corrected chi connectivity index (χ1v) is 9.45. The third-order valence-corrected chi connectivity index (χ3v) is 5.68. The quantitative estimate of drug-likeness (QED) is 0.878. The number of nitrogens with one attached hydrogen (secondary N) is 1. The van der Waals surface area contributed by atoms with E-state index in [4.69, 9.17) is 17.3 Å². The molecule has 0 spiro atoms. The van der Waals surface area contributed by atoms with Crippen molar-refractivity contribution in [3.63, 3.8) is 0 Å². The van der Waals surface area contributed by atoms with Gasteiger partial charge in [0.15, 0.2) is 0 Å². The van der Waals surface area contributed by atoms with Crippen LogP contribution in [0, 0.1) is 18.8 Å². The lowest BCUT2D eigenvalue weighted by atomic mass is 9.85. The lowest BCUT2D eigenvalue weighted by molar-refractivity contribution is -0.126. The van der Waals surface area contributed by atoms with E-state index in [1.54, 1.807) is 0 Å². The normalized spacial score (nSPS) is 27.3. The number of benzene rings is 1. The third kappa shape index (κ3) is 4.22. The van der Waals surface area contributed by atoms with E-state index in [-0.39, 0.29) is 17.9 Å². The monoisotopic (exact) mass is 349 g/mol. The lowest BCUT2D eigenvalue weighted by Crippen LogP contribution is -2.39. The Labute approximate surface area is 149 Å². The predicted octanol–water partition coefficient (Wildman–Crippen LogP) is 3.11. The summed E-state index contributed by atoms with van der Waals surface area (Å²) in [6.07, 6.45) is 5.06. The van der Waals surface area contributed by atoms with E-state index in [1.807, 2.05) is 12.1 Å². The van der Waals surface area contributed by atoms with Gasteiger partial charge in [0, 0.05) is 42.3 Å². The van der Waals surface area contributed by atoms with Gasteiger partial charge >= 0.3 is 0 Å². The Morgan fingerprint density at radius 1 is 1.38 bits per heavy atom. The van der Waals surface area contributed by atoms with Crippen molar-refractivity contribution in [2.45, 2.75) is 45.1 Å². The Morgan fingerprint density at radius 3 is 3.00 bits per heavy atom. The van der Waals surface area contributed by atoms with Crippen LogP contribution in [0.25, 0.3) is 0 Å². The molecule has 132 valence electrons. The maximum Gasteiger partial charge on any atom is 0.223 e. The summed E-state index contributed by atoms with van der Waals surface area (Å²) in [7, 11) is 0. The molecule has 1 saturated heterocycles. The molecule has 24 heavy (non-hydrogen) atoms. The van der Waals surface area contributed by atoms with E-state index in [0.29, 0.717) is 5.92 Å². The van der Waals surface area contributed by atoms with Crippen LogP contribution < -0.4 is 16.0 Å².